The van der Waals surface area contributed by atoms with Gasteiger partial charge in [0.15, 0.2) is 17.3 Å². The molecule has 3 heterocycles. The van der Waals surface area contributed by atoms with Crippen LogP contribution in [0.25, 0.3) is 11.5 Å². The van der Waals surface area contributed by atoms with Gasteiger partial charge in [-0.3, -0.25) is 4.79 Å². The van der Waals surface area contributed by atoms with E-state index in [-0.39, 0.29) is 11.9 Å². The zero-order valence-corrected chi connectivity index (χ0v) is 18.0. The zero-order valence-electron chi connectivity index (χ0n) is 18.0. The summed E-state index contributed by atoms with van der Waals surface area (Å²) < 4.78 is 15.0. The molecule has 0 saturated carbocycles. The number of fused-ring (bicyclic) bond motifs is 1. The topological polar surface area (TPSA) is 70.3 Å². The predicted molar refractivity (Wildman–Crippen MR) is 121 cm³/mol. The average Bonchev–Trinajstić information content (AvgIpc) is 3.47. The highest BCUT2D eigenvalue weighted by Gasteiger charge is 2.25. The summed E-state index contributed by atoms with van der Waals surface area (Å²) in [6.07, 6.45) is 3.83. The molecule has 0 radical (unpaired) electrons. The van der Waals surface area contributed by atoms with Crippen molar-refractivity contribution in [2.45, 2.75) is 19.9 Å². The molecule has 0 unspecified atom stereocenters. The summed E-state index contributed by atoms with van der Waals surface area (Å²) in [6, 6.07) is 19.2. The molecule has 1 aliphatic rings. The second-order valence-electron chi connectivity index (χ2n) is 7.72. The summed E-state index contributed by atoms with van der Waals surface area (Å²) in [5.41, 5.74) is 3.02. The van der Waals surface area contributed by atoms with E-state index in [0.717, 1.165) is 17.0 Å². The lowest BCUT2D eigenvalue weighted by Gasteiger charge is -2.21. The minimum atomic E-state index is -0.227. The maximum Gasteiger partial charge on any atom is 0.257 e. The van der Waals surface area contributed by atoms with E-state index >= 15 is 0 Å². The van der Waals surface area contributed by atoms with Gasteiger partial charge in [0, 0.05) is 12.4 Å². The Labute approximate surface area is 186 Å². The van der Waals surface area contributed by atoms with Crippen molar-refractivity contribution in [2.75, 3.05) is 13.2 Å². The van der Waals surface area contributed by atoms with E-state index in [4.69, 9.17) is 14.6 Å². The van der Waals surface area contributed by atoms with Gasteiger partial charge in [-0.25, -0.2) is 4.68 Å². The lowest BCUT2D eigenvalue weighted by molar-refractivity contribution is 0.0939. The number of benzene rings is 2. The maximum absolute atomic E-state index is 13.5. The van der Waals surface area contributed by atoms with Crippen LogP contribution in [-0.4, -0.2) is 33.5 Å². The molecule has 7 heteroatoms. The number of amides is 1. The minimum absolute atomic E-state index is 0.184. The standard InChI is InChI=1S/C25H24N4O3/c1-17(19-10-11-21-22(16-19)32-15-14-31-21)26-24(30)23-18(2)27-29(20-8-4-3-5-9-20)25(23)28-12-6-7-13-28/h3-13,16-17H,14-15H2,1-2H3,(H,26,30)/t17-/m1/s1. The Morgan fingerprint density at radius 3 is 2.47 bits per heavy atom. The van der Waals surface area contributed by atoms with Crippen molar-refractivity contribution < 1.29 is 14.3 Å². The number of ether oxygens (including phenoxy) is 2. The first kappa shape index (κ1) is 19.9. The Hall–Kier alpha value is -4.00. The summed E-state index contributed by atoms with van der Waals surface area (Å²) in [6.45, 7) is 4.88. The van der Waals surface area contributed by atoms with Crippen LogP contribution < -0.4 is 14.8 Å². The number of nitrogens with zero attached hydrogens (tertiary/aromatic N) is 3. The highest BCUT2D eigenvalue weighted by molar-refractivity contribution is 5.99. The van der Waals surface area contributed by atoms with Gasteiger partial charge in [0.1, 0.15) is 18.8 Å². The van der Waals surface area contributed by atoms with Gasteiger partial charge in [-0.1, -0.05) is 24.3 Å². The molecule has 0 fully saturated rings. The molecule has 2 aromatic carbocycles. The molecule has 1 amide bonds. The van der Waals surface area contributed by atoms with Crippen LogP contribution in [0.2, 0.25) is 0 Å². The Morgan fingerprint density at radius 1 is 1.00 bits per heavy atom. The molecule has 1 atom stereocenters. The third-order valence-electron chi connectivity index (χ3n) is 5.53. The van der Waals surface area contributed by atoms with E-state index in [1.54, 1.807) is 4.68 Å². The van der Waals surface area contributed by atoms with Crippen LogP contribution in [-0.2, 0) is 0 Å². The summed E-state index contributed by atoms with van der Waals surface area (Å²) >= 11 is 0. The second-order valence-corrected chi connectivity index (χ2v) is 7.72. The number of carbonyl (C=O) groups is 1. The van der Waals surface area contributed by atoms with Gasteiger partial charge >= 0.3 is 0 Å². The number of carbonyl (C=O) groups excluding carboxylic acids is 1. The number of hydrogen-bond acceptors (Lipinski definition) is 4. The van der Waals surface area contributed by atoms with E-state index in [1.165, 1.54) is 0 Å². The van der Waals surface area contributed by atoms with E-state index in [0.29, 0.717) is 36.0 Å². The van der Waals surface area contributed by atoms with Gasteiger partial charge in [-0.2, -0.15) is 5.10 Å². The number of rotatable bonds is 5. The molecular weight excluding hydrogens is 404 g/mol. The second kappa shape index (κ2) is 8.26. The summed E-state index contributed by atoms with van der Waals surface area (Å²) in [5.74, 6) is 1.95. The average molecular weight is 428 g/mol. The molecule has 0 saturated heterocycles. The zero-order chi connectivity index (χ0) is 22.1. The number of hydrogen-bond donors (Lipinski definition) is 1. The molecule has 1 aliphatic heterocycles. The van der Waals surface area contributed by atoms with Gasteiger partial charge in [0.25, 0.3) is 5.91 Å². The van der Waals surface area contributed by atoms with Crippen LogP contribution in [0, 0.1) is 6.92 Å². The molecule has 162 valence electrons. The van der Waals surface area contributed by atoms with E-state index in [9.17, 15) is 4.79 Å². The molecule has 32 heavy (non-hydrogen) atoms. The minimum Gasteiger partial charge on any atom is -0.486 e. The van der Waals surface area contributed by atoms with Crippen molar-refractivity contribution in [3.63, 3.8) is 0 Å². The monoisotopic (exact) mass is 428 g/mol. The van der Waals surface area contributed by atoms with Crippen molar-refractivity contribution >= 4 is 5.91 Å². The van der Waals surface area contributed by atoms with Crippen LogP contribution in [0.1, 0.15) is 34.6 Å². The molecular formula is C25H24N4O3. The largest absolute Gasteiger partial charge is 0.486 e. The third-order valence-corrected chi connectivity index (χ3v) is 5.53. The first-order chi connectivity index (χ1) is 15.6. The Balaban J connectivity index is 1.49. The van der Waals surface area contributed by atoms with Gasteiger partial charge in [-0.05, 0) is 55.8 Å². The van der Waals surface area contributed by atoms with E-state index in [2.05, 4.69) is 5.32 Å². The van der Waals surface area contributed by atoms with Gasteiger partial charge < -0.3 is 19.4 Å². The fourth-order valence-electron chi connectivity index (χ4n) is 3.93. The summed E-state index contributed by atoms with van der Waals surface area (Å²) in [7, 11) is 0. The maximum atomic E-state index is 13.5. The molecule has 5 rings (SSSR count). The highest BCUT2D eigenvalue weighted by Crippen LogP contribution is 2.33. The molecule has 4 aromatic rings. The fourth-order valence-corrected chi connectivity index (χ4v) is 3.93. The van der Waals surface area contributed by atoms with Crippen molar-refractivity contribution in [3.8, 4) is 23.0 Å². The lowest BCUT2D eigenvalue weighted by Crippen LogP contribution is -2.28. The molecule has 0 aliphatic carbocycles. The van der Waals surface area contributed by atoms with Crippen molar-refractivity contribution in [3.05, 3.63) is 89.9 Å². The first-order valence-electron chi connectivity index (χ1n) is 10.6. The molecule has 0 bridgehead atoms. The lowest BCUT2D eigenvalue weighted by atomic mass is 10.1. The Bertz CT molecular complexity index is 1250. The normalized spacial score (nSPS) is 13.6. The highest BCUT2D eigenvalue weighted by atomic mass is 16.6. The van der Waals surface area contributed by atoms with Crippen molar-refractivity contribution in [2.24, 2.45) is 0 Å². The number of aryl methyl sites for hydroxylation is 1. The number of nitrogens with one attached hydrogen (secondary N) is 1. The van der Waals surface area contributed by atoms with Gasteiger partial charge in [0.05, 0.1) is 17.4 Å². The predicted octanol–water partition coefficient (Wildman–Crippen LogP) is 4.23. The van der Waals surface area contributed by atoms with Gasteiger partial charge in [0.2, 0.25) is 0 Å². The molecule has 2 aromatic heterocycles. The first-order valence-corrected chi connectivity index (χ1v) is 10.6. The van der Waals surface area contributed by atoms with Crippen molar-refractivity contribution in [1.29, 1.82) is 0 Å². The van der Waals surface area contributed by atoms with Crippen LogP contribution in [0.15, 0.2) is 73.1 Å². The number of aromatic nitrogens is 3. The SMILES string of the molecule is Cc1nn(-c2ccccc2)c(-n2cccc2)c1C(=O)N[C@H](C)c1ccc2c(c1)OCCO2. The number of para-hydroxylation sites is 1. The Kier molecular flexibility index (Phi) is 5.15. The quantitative estimate of drug-likeness (QED) is 0.516. The van der Waals surface area contributed by atoms with Crippen molar-refractivity contribution in [1.82, 2.24) is 19.7 Å². The van der Waals surface area contributed by atoms with Gasteiger partial charge in [-0.15, -0.1) is 0 Å². The van der Waals surface area contributed by atoms with E-state index < -0.39 is 0 Å². The Morgan fingerprint density at radius 2 is 1.72 bits per heavy atom. The third kappa shape index (κ3) is 3.62. The fraction of sp³-hybridized carbons (Fsp3) is 0.200. The van der Waals surface area contributed by atoms with Crippen LogP contribution in [0.4, 0.5) is 0 Å². The summed E-state index contributed by atoms with van der Waals surface area (Å²) in [4.78, 5) is 13.5. The van der Waals surface area contributed by atoms with Crippen LogP contribution in [0.5, 0.6) is 11.5 Å². The van der Waals surface area contributed by atoms with E-state index in [1.807, 2.05) is 91.5 Å². The smallest absolute Gasteiger partial charge is 0.257 e. The van der Waals surface area contributed by atoms with Crippen LogP contribution >= 0.6 is 0 Å². The molecule has 7 nitrogen and oxygen atoms in total. The molecule has 0 spiro atoms. The van der Waals surface area contributed by atoms with Crippen LogP contribution in [0.3, 0.4) is 0 Å². The summed E-state index contributed by atoms with van der Waals surface area (Å²) in [5, 5.41) is 7.82. The molecule has 1 N–H and O–H groups in total.